The van der Waals surface area contributed by atoms with Crippen molar-refractivity contribution in [3.63, 3.8) is 0 Å². The van der Waals surface area contributed by atoms with Crippen molar-refractivity contribution in [2.45, 2.75) is 18.7 Å². The number of rotatable bonds is 8. The van der Waals surface area contributed by atoms with Crippen LogP contribution in [0.5, 0.6) is 11.5 Å². The molecule has 3 rings (SSSR count). The van der Waals surface area contributed by atoms with Crippen LogP contribution in [0.1, 0.15) is 24.2 Å². The van der Waals surface area contributed by atoms with Gasteiger partial charge in [0, 0.05) is 30.4 Å². The molecule has 1 aliphatic rings. The number of nitrogens with one attached hydrogen (secondary N) is 2. The van der Waals surface area contributed by atoms with Crippen LogP contribution in [0.4, 0.5) is 5.69 Å². The van der Waals surface area contributed by atoms with Gasteiger partial charge in [-0.2, -0.15) is 4.31 Å². The number of nitrogens with zero attached hydrogens (tertiary/aromatic N) is 1. The maximum absolute atomic E-state index is 12.5. The highest BCUT2D eigenvalue weighted by atomic mass is 32.2. The lowest BCUT2D eigenvalue weighted by atomic mass is 10.2. The molecule has 160 valence electrons. The third-order valence-electron chi connectivity index (χ3n) is 4.53. The first-order chi connectivity index (χ1) is 14.3. The minimum atomic E-state index is -3.59. The van der Waals surface area contributed by atoms with Crippen LogP contribution in [0.3, 0.4) is 0 Å². The molecular weight excluding hydrogens is 410 g/mol. The highest BCUT2D eigenvalue weighted by molar-refractivity contribution is 7.89. The van der Waals surface area contributed by atoms with Crippen molar-refractivity contribution in [1.82, 2.24) is 9.62 Å². The lowest BCUT2D eigenvalue weighted by Gasteiger charge is -2.18. The Labute approximate surface area is 175 Å². The van der Waals surface area contributed by atoms with Gasteiger partial charge in [-0.25, -0.2) is 8.42 Å². The highest BCUT2D eigenvalue weighted by Gasteiger charge is 2.21. The first kappa shape index (κ1) is 21.6. The summed E-state index contributed by atoms with van der Waals surface area (Å²) in [6, 6.07) is 10.6. The number of benzene rings is 2. The van der Waals surface area contributed by atoms with Gasteiger partial charge in [0.15, 0.2) is 11.5 Å². The fourth-order valence-electron chi connectivity index (χ4n) is 2.93. The number of ether oxygens (including phenoxy) is 2. The normalized spacial score (nSPS) is 12.6. The second-order valence-corrected chi connectivity index (χ2v) is 8.35. The molecule has 2 aromatic carbocycles. The Kier molecular flexibility index (Phi) is 6.58. The Morgan fingerprint density at radius 1 is 1.00 bits per heavy atom. The summed E-state index contributed by atoms with van der Waals surface area (Å²) in [7, 11) is -3.59. The summed E-state index contributed by atoms with van der Waals surface area (Å²) in [6.45, 7) is 4.14. The monoisotopic (exact) mass is 433 g/mol. The van der Waals surface area contributed by atoms with Gasteiger partial charge < -0.3 is 20.1 Å². The number of hydrogen-bond donors (Lipinski definition) is 2. The minimum absolute atomic E-state index is 0.114. The molecule has 0 bridgehead atoms. The third kappa shape index (κ3) is 4.71. The first-order valence-electron chi connectivity index (χ1n) is 9.43. The van der Waals surface area contributed by atoms with E-state index >= 15 is 0 Å². The van der Waals surface area contributed by atoms with Crippen molar-refractivity contribution < 1.29 is 27.5 Å². The summed E-state index contributed by atoms with van der Waals surface area (Å²) in [6.07, 6.45) is 0. The molecule has 2 aromatic rings. The molecular formula is C20H23N3O6S. The molecule has 1 aliphatic heterocycles. The highest BCUT2D eigenvalue weighted by Crippen LogP contribution is 2.34. The second kappa shape index (κ2) is 9.14. The Bertz CT molecular complexity index is 1030. The largest absolute Gasteiger partial charge is 0.454 e. The molecule has 0 atom stereocenters. The number of sulfonamides is 1. The maximum atomic E-state index is 12.5. The van der Waals surface area contributed by atoms with E-state index in [2.05, 4.69) is 10.6 Å². The molecule has 9 nitrogen and oxygen atoms in total. The van der Waals surface area contributed by atoms with Crippen LogP contribution < -0.4 is 20.1 Å². The molecule has 0 radical (unpaired) electrons. The van der Waals surface area contributed by atoms with Gasteiger partial charge in [-0.05, 0) is 36.4 Å². The molecule has 0 saturated heterocycles. The summed E-state index contributed by atoms with van der Waals surface area (Å²) < 4.78 is 36.8. The predicted octanol–water partition coefficient (Wildman–Crippen LogP) is 1.81. The van der Waals surface area contributed by atoms with Gasteiger partial charge in [0.2, 0.25) is 22.7 Å². The topological polar surface area (TPSA) is 114 Å². The summed E-state index contributed by atoms with van der Waals surface area (Å²) in [5, 5.41) is 5.17. The molecule has 0 spiro atoms. The van der Waals surface area contributed by atoms with Gasteiger partial charge in [0.05, 0.1) is 11.4 Å². The third-order valence-corrected chi connectivity index (χ3v) is 6.59. The van der Waals surface area contributed by atoms with Crippen molar-refractivity contribution in [2.75, 3.05) is 31.7 Å². The van der Waals surface area contributed by atoms with Crippen LogP contribution in [0.25, 0.3) is 0 Å². The number of amides is 2. The van der Waals surface area contributed by atoms with E-state index in [1.165, 1.54) is 28.6 Å². The fourth-order valence-corrected chi connectivity index (χ4v) is 4.39. The predicted molar refractivity (Wildman–Crippen MR) is 110 cm³/mol. The van der Waals surface area contributed by atoms with E-state index in [4.69, 9.17) is 9.47 Å². The van der Waals surface area contributed by atoms with Gasteiger partial charge in [0.1, 0.15) is 0 Å². The standard InChI is InChI=1S/C20H23N3O6S/c1-3-23(4-2)30(26,27)16-8-5-14(6-9-16)20(25)21-12-19(24)22-15-7-10-17-18(11-15)29-13-28-17/h5-11H,3-4,12-13H2,1-2H3,(H,21,25)(H,22,24). The molecule has 0 aliphatic carbocycles. The molecule has 1 heterocycles. The lowest BCUT2D eigenvalue weighted by molar-refractivity contribution is -0.115. The van der Waals surface area contributed by atoms with Crippen molar-refractivity contribution in [1.29, 1.82) is 0 Å². The number of hydrogen-bond acceptors (Lipinski definition) is 6. The Hall–Kier alpha value is -3.11. The van der Waals surface area contributed by atoms with E-state index < -0.39 is 21.8 Å². The van der Waals surface area contributed by atoms with E-state index in [1.807, 2.05) is 0 Å². The average molecular weight is 433 g/mol. The van der Waals surface area contributed by atoms with Crippen molar-refractivity contribution >= 4 is 27.5 Å². The van der Waals surface area contributed by atoms with Gasteiger partial charge in [-0.3, -0.25) is 9.59 Å². The number of fused-ring (bicyclic) bond motifs is 1. The van der Waals surface area contributed by atoms with Gasteiger partial charge in [-0.15, -0.1) is 0 Å². The Morgan fingerprint density at radius 3 is 2.33 bits per heavy atom. The van der Waals surface area contributed by atoms with Crippen LogP contribution in [0.15, 0.2) is 47.4 Å². The molecule has 0 aromatic heterocycles. The summed E-state index contributed by atoms with van der Waals surface area (Å²) >= 11 is 0. The maximum Gasteiger partial charge on any atom is 0.251 e. The van der Waals surface area contributed by atoms with E-state index in [9.17, 15) is 18.0 Å². The zero-order chi connectivity index (χ0) is 21.7. The zero-order valence-corrected chi connectivity index (χ0v) is 17.5. The van der Waals surface area contributed by atoms with Crippen molar-refractivity contribution in [2.24, 2.45) is 0 Å². The molecule has 0 saturated carbocycles. The smallest absolute Gasteiger partial charge is 0.251 e. The van der Waals surface area contributed by atoms with Crippen LogP contribution >= 0.6 is 0 Å². The molecule has 0 unspecified atom stereocenters. The lowest BCUT2D eigenvalue weighted by Crippen LogP contribution is -2.33. The molecule has 2 N–H and O–H groups in total. The number of carbonyl (C=O) groups is 2. The quantitative estimate of drug-likeness (QED) is 0.656. The van der Waals surface area contributed by atoms with Crippen molar-refractivity contribution in [3.05, 3.63) is 48.0 Å². The summed E-state index contributed by atoms with van der Waals surface area (Å²) in [4.78, 5) is 24.5. The van der Waals surface area contributed by atoms with Gasteiger partial charge in [-0.1, -0.05) is 13.8 Å². The van der Waals surface area contributed by atoms with Crippen LogP contribution in [-0.2, 0) is 14.8 Å². The van der Waals surface area contributed by atoms with E-state index in [-0.39, 0.29) is 23.8 Å². The Morgan fingerprint density at radius 2 is 1.67 bits per heavy atom. The van der Waals surface area contributed by atoms with Crippen molar-refractivity contribution in [3.8, 4) is 11.5 Å². The minimum Gasteiger partial charge on any atom is -0.454 e. The second-order valence-electron chi connectivity index (χ2n) is 6.41. The SMILES string of the molecule is CCN(CC)S(=O)(=O)c1ccc(C(=O)NCC(=O)Nc2ccc3c(c2)OCO3)cc1. The molecule has 2 amide bonds. The van der Waals surface area contributed by atoms with Crippen LogP contribution in [0, 0.1) is 0 Å². The van der Waals surface area contributed by atoms with Gasteiger partial charge in [0.25, 0.3) is 5.91 Å². The average Bonchev–Trinajstić information content (AvgIpc) is 3.20. The Balaban J connectivity index is 1.56. The first-order valence-corrected chi connectivity index (χ1v) is 10.9. The van der Waals surface area contributed by atoms with Crippen LogP contribution in [0.2, 0.25) is 0 Å². The van der Waals surface area contributed by atoms with Gasteiger partial charge >= 0.3 is 0 Å². The summed E-state index contributed by atoms with van der Waals surface area (Å²) in [5.41, 5.74) is 0.772. The molecule has 0 fully saturated rings. The zero-order valence-electron chi connectivity index (χ0n) is 16.7. The number of carbonyl (C=O) groups excluding carboxylic acids is 2. The fraction of sp³-hybridized carbons (Fsp3) is 0.300. The van der Waals surface area contributed by atoms with E-state index in [1.54, 1.807) is 32.0 Å². The van der Waals surface area contributed by atoms with E-state index in [0.29, 0.717) is 30.3 Å². The van der Waals surface area contributed by atoms with E-state index in [0.717, 1.165) is 0 Å². The molecule has 10 heteroatoms. The molecule has 30 heavy (non-hydrogen) atoms. The number of anilines is 1. The van der Waals surface area contributed by atoms with Crippen LogP contribution in [-0.4, -0.2) is 51.0 Å². The summed E-state index contributed by atoms with van der Waals surface area (Å²) in [5.74, 6) is 0.245.